The number of rotatable bonds is 5. The summed E-state index contributed by atoms with van der Waals surface area (Å²) in [6, 6.07) is 15.2. The zero-order valence-corrected chi connectivity index (χ0v) is 16.0. The van der Waals surface area contributed by atoms with Gasteiger partial charge in [0.05, 0.1) is 12.8 Å². The Balaban J connectivity index is 1.83. The van der Waals surface area contributed by atoms with Crippen LogP contribution in [0.1, 0.15) is 27.0 Å². The number of pyridine rings is 1. The van der Waals surface area contributed by atoms with Gasteiger partial charge in [-0.2, -0.15) is 0 Å². The number of nitrogens with zero attached hydrogens (tertiary/aromatic N) is 1. The van der Waals surface area contributed by atoms with Crippen molar-refractivity contribution >= 4 is 23.1 Å². The normalized spacial score (nSPS) is 10.4. The number of nitrogens with one attached hydrogen (secondary N) is 2. The number of carbonyl (C=O) groups is 1. The molecule has 0 bridgehead atoms. The number of benzene rings is 2. The van der Waals surface area contributed by atoms with Gasteiger partial charge in [-0.25, -0.2) is 4.98 Å². The molecule has 1 heterocycles. The molecule has 3 rings (SSSR count). The molecule has 0 unspecified atom stereocenters. The van der Waals surface area contributed by atoms with E-state index in [1.165, 1.54) is 0 Å². The summed E-state index contributed by atoms with van der Waals surface area (Å²) in [5.74, 6) is 1.12. The van der Waals surface area contributed by atoms with Crippen LogP contribution in [0, 0.1) is 20.8 Å². The topological polar surface area (TPSA) is 63.2 Å². The molecule has 0 spiro atoms. The van der Waals surface area contributed by atoms with Crippen molar-refractivity contribution in [3.05, 3.63) is 77.0 Å². The summed E-state index contributed by atoms with van der Waals surface area (Å²) in [6.45, 7) is 5.96. The van der Waals surface area contributed by atoms with Crippen LogP contribution in [0.25, 0.3) is 0 Å². The highest BCUT2D eigenvalue weighted by atomic mass is 16.5. The van der Waals surface area contributed by atoms with Gasteiger partial charge in [0.1, 0.15) is 11.6 Å². The van der Waals surface area contributed by atoms with Crippen LogP contribution in [0.3, 0.4) is 0 Å². The maximum atomic E-state index is 12.7. The summed E-state index contributed by atoms with van der Waals surface area (Å²) in [5, 5.41) is 6.23. The second-order valence-electron chi connectivity index (χ2n) is 6.48. The van der Waals surface area contributed by atoms with Gasteiger partial charge in [0.15, 0.2) is 0 Å². The molecular formula is C22H23N3O2. The number of carbonyl (C=O) groups excluding carboxylic acids is 1. The predicted octanol–water partition coefficient (Wildman–Crippen LogP) is 5.01. The van der Waals surface area contributed by atoms with Crippen molar-refractivity contribution in [1.82, 2.24) is 4.98 Å². The summed E-state index contributed by atoms with van der Waals surface area (Å²) in [6.07, 6.45) is 1.62. The summed E-state index contributed by atoms with van der Waals surface area (Å²) < 4.78 is 5.39. The van der Waals surface area contributed by atoms with Crippen LogP contribution in [-0.2, 0) is 0 Å². The SMILES string of the molecule is COc1ccc(C)cc1Nc1cc(C(=O)Nc2c(C)cccc2C)ccn1. The molecule has 0 aliphatic carbocycles. The molecule has 27 heavy (non-hydrogen) atoms. The first-order valence-corrected chi connectivity index (χ1v) is 8.73. The van der Waals surface area contributed by atoms with Crippen molar-refractivity contribution in [1.29, 1.82) is 0 Å². The lowest BCUT2D eigenvalue weighted by atomic mass is 10.1. The Morgan fingerprint density at radius 1 is 1.00 bits per heavy atom. The van der Waals surface area contributed by atoms with Crippen molar-refractivity contribution in [3.63, 3.8) is 0 Å². The standard InChI is InChI=1S/C22H23N3O2/c1-14-8-9-19(27-4)18(12-14)24-20-13-17(10-11-23-20)22(26)25-21-15(2)6-5-7-16(21)3/h5-13H,1-4H3,(H,23,24)(H,25,26). The lowest BCUT2D eigenvalue weighted by Crippen LogP contribution is -2.14. The molecule has 5 nitrogen and oxygen atoms in total. The van der Waals surface area contributed by atoms with E-state index < -0.39 is 0 Å². The van der Waals surface area contributed by atoms with E-state index in [9.17, 15) is 4.79 Å². The maximum Gasteiger partial charge on any atom is 0.255 e. The van der Waals surface area contributed by atoms with Gasteiger partial charge in [0, 0.05) is 17.4 Å². The molecule has 0 aliphatic rings. The van der Waals surface area contributed by atoms with Crippen LogP contribution in [0.2, 0.25) is 0 Å². The zero-order chi connectivity index (χ0) is 19.4. The van der Waals surface area contributed by atoms with Crippen LogP contribution in [-0.4, -0.2) is 18.0 Å². The third-order valence-corrected chi connectivity index (χ3v) is 4.36. The fraction of sp³-hybridized carbons (Fsp3) is 0.182. The lowest BCUT2D eigenvalue weighted by Gasteiger charge is -2.13. The average Bonchev–Trinajstić information content (AvgIpc) is 2.65. The van der Waals surface area contributed by atoms with E-state index in [-0.39, 0.29) is 5.91 Å². The summed E-state index contributed by atoms with van der Waals surface area (Å²) in [7, 11) is 1.62. The molecule has 2 aromatic carbocycles. The highest BCUT2D eigenvalue weighted by Gasteiger charge is 2.11. The molecule has 0 atom stereocenters. The largest absolute Gasteiger partial charge is 0.495 e. The minimum atomic E-state index is -0.172. The quantitative estimate of drug-likeness (QED) is 0.670. The van der Waals surface area contributed by atoms with E-state index >= 15 is 0 Å². The molecule has 3 aromatic rings. The Morgan fingerprint density at radius 2 is 1.74 bits per heavy atom. The summed E-state index contributed by atoms with van der Waals surface area (Å²) in [4.78, 5) is 17.0. The van der Waals surface area contributed by atoms with E-state index in [4.69, 9.17) is 4.74 Å². The zero-order valence-electron chi connectivity index (χ0n) is 16.0. The highest BCUT2D eigenvalue weighted by molar-refractivity contribution is 6.05. The van der Waals surface area contributed by atoms with Gasteiger partial charge < -0.3 is 15.4 Å². The van der Waals surface area contributed by atoms with Gasteiger partial charge in [0.2, 0.25) is 0 Å². The Kier molecular flexibility index (Phi) is 5.41. The van der Waals surface area contributed by atoms with E-state index in [2.05, 4.69) is 15.6 Å². The van der Waals surface area contributed by atoms with Crippen LogP contribution >= 0.6 is 0 Å². The number of hydrogen-bond donors (Lipinski definition) is 2. The first-order valence-electron chi connectivity index (χ1n) is 8.73. The van der Waals surface area contributed by atoms with Crippen molar-refractivity contribution < 1.29 is 9.53 Å². The van der Waals surface area contributed by atoms with E-state index in [0.717, 1.165) is 28.1 Å². The molecule has 0 saturated carbocycles. The van der Waals surface area contributed by atoms with Gasteiger partial charge in [-0.1, -0.05) is 24.3 Å². The lowest BCUT2D eigenvalue weighted by molar-refractivity contribution is 0.102. The van der Waals surface area contributed by atoms with Crippen molar-refractivity contribution in [2.75, 3.05) is 17.7 Å². The Bertz CT molecular complexity index is 963. The monoisotopic (exact) mass is 361 g/mol. The predicted molar refractivity (Wildman–Crippen MR) is 109 cm³/mol. The number of hydrogen-bond acceptors (Lipinski definition) is 4. The number of para-hydroxylation sites is 1. The number of ether oxygens (including phenoxy) is 1. The van der Waals surface area contributed by atoms with Crippen molar-refractivity contribution in [2.24, 2.45) is 0 Å². The molecule has 5 heteroatoms. The molecule has 138 valence electrons. The second kappa shape index (κ2) is 7.91. The molecule has 0 radical (unpaired) electrons. The first-order chi connectivity index (χ1) is 13.0. The maximum absolute atomic E-state index is 12.7. The number of amides is 1. The number of anilines is 3. The van der Waals surface area contributed by atoms with Gasteiger partial charge in [0.25, 0.3) is 5.91 Å². The summed E-state index contributed by atoms with van der Waals surface area (Å²) in [5.41, 5.74) is 5.33. The van der Waals surface area contributed by atoms with Crippen LogP contribution < -0.4 is 15.4 Å². The van der Waals surface area contributed by atoms with E-state index in [0.29, 0.717) is 17.1 Å². The fourth-order valence-corrected chi connectivity index (χ4v) is 2.89. The Hall–Kier alpha value is -3.34. The van der Waals surface area contributed by atoms with Gasteiger partial charge in [-0.3, -0.25) is 4.79 Å². The van der Waals surface area contributed by atoms with E-state index in [1.807, 2.05) is 57.2 Å². The van der Waals surface area contributed by atoms with Gasteiger partial charge in [-0.05, 0) is 61.7 Å². The Labute approximate surface area is 159 Å². The minimum Gasteiger partial charge on any atom is -0.495 e. The third-order valence-electron chi connectivity index (χ3n) is 4.36. The van der Waals surface area contributed by atoms with Gasteiger partial charge >= 0.3 is 0 Å². The van der Waals surface area contributed by atoms with Crippen molar-refractivity contribution in [2.45, 2.75) is 20.8 Å². The number of aromatic nitrogens is 1. The molecule has 2 N–H and O–H groups in total. The van der Waals surface area contributed by atoms with Crippen LogP contribution in [0.15, 0.2) is 54.7 Å². The first kappa shape index (κ1) is 18.5. The third kappa shape index (κ3) is 4.26. The van der Waals surface area contributed by atoms with Crippen LogP contribution in [0.4, 0.5) is 17.2 Å². The molecule has 0 fully saturated rings. The van der Waals surface area contributed by atoms with Gasteiger partial charge in [-0.15, -0.1) is 0 Å². The van der Waals surface area contributed by atoms with Crippen LogP contribution in [0.5, 0.6) is 5.75 Å². The molecule has 1 aromatic heterocycles. The van der Waals surface area contributed by atoms with Crippen molar-refractivity contribution in [3.8, 4) is 5.75 Å². The molecular weight excluding hydrogens is 338 g/mol. The minimum absolute atomic E-state index is 0.172. The fourth-order valence-electron chi connectivity index (χ4n) is 2.89. The number of methoxy groups -OCH3 is 1. The molecule has 0 saturated heterocycles. The molecule has 1 amide bonds. The number of aryl methyl sites for hydroxylation is 3. The smallest absolute Gasteiger partial charge is 0.255 e. The highest BCUT2D eigenvalue weighted by Crippen LogP contribution is 2.28. The van der Waals surface area contributed by atoms with E-state index in [1.54, 1.807) is 25.4 Å². The Morgan fingerprint density at radius 3 is 2.44 bits per heavy atom. The average molecular weight is 361 g/mol. The summed E-state index contributed by atoms with van der Waals surface area (Å²) >= 11 is 0. The second-order valence-corrected chi connectivity index (χ2v) is 6.48. The molecule has 0 aliphatic heterocycles.